The zero-order valence-electron chi connectivity index (χ0n) is 10.0. The molecule has 0 fully saturated rings. The second-order valence-corrected chi connectivity index (χ2v) is 4.36. The van der Waals surface area contributed by atoms with Crippen molar-refractivity contribution in [2.24, 2.45) is 0 Å². The minimum absolute atomic E-state index is 0.308. The average Bonchev–Trinajstić information content (AvgIpc) is 2.58. The van der Waals surface area contributed by atoms with Gasteiger partial charge in [0.2, 0.25) is 0 Å². The van der Waals surface area contributed by atoms with Crippen molar-refractivity contribution in [3.8, 4) is 0 Å². The van der Waals surface area contributed by atoms with Gasteiger partial charge in [-0.05, 0) is 19.3 Å². The van der Waals surface area contributed by atoms with Crippen LogP contribution in [-0.2, 0) is 17.8 Å². The van der Waals surface area contributed by atoms with E-state index < -0.39 is 0 Å². The van der Waals surface area contributed by atoms with E-state index >= 15 is 0 Å². The molecule has 0 saturated carbocycles. The Bertz CT molecular complexity index is 347. The summed E-state index contributed by atoms with van der Waals surface area (Å²) in [4.78, 5) is 11.4. The highest BCUT2D eigenvalue weighted by molar-refractivity contribution is 6.31. The molecule has 0 saturated heterocycles. The molecule has 0 atom stereocenters. The Balaban J connectivity index is 2.58. The number of hydrogen-bond acceptors (Lipinski definition) is 2. The summed E-state index contributed by atoms with van der Waals surface area (Å²) in [5, 5.41) is 4.88. The summed E-state index contributed by atoms with van der Waals surface area (Å²) in [5.74, 6) is 0.308. The fourth-order valence-electron chi connectivity index (χ4n) is 1.70. The Kier molecular flexibility index (Phi) is 5.53. The van der Waals surface area contributed by atoms with Crippen LogP contribution < -0.4 is 0 Å². The normalized spacial score (nSPS) is 10.7. The highest BCUT2D eigenvalue weighted by Gasteiger charge is 2.10. The second kappa shape index (κ2) is 6.69. The van der Waals surface area contributed by atoms with E-state index in [0.29, 0.717) is 30.1 Å². The lowest BCUT2D eigenvalue weighted by atomic mass is 10.1. The topological polar surface area (TPSA) is 34.9 Å². The summed E-state index contributed by atoms with van der Waals surface area (Å²) in [7, 11) is 0. The third kappa shape index (κ3) is 3.63. The molecule has 3 nitrogen and oxygen atoms in total. The van der Waals surface area contributed by atoms with Crippen molar-refractivity contribution >= 4 is 17.4 Å². The standard InChI is InChI=1S/C12H19ClN2O/c1-3-5-10(16)6-7-12-11(13)9-14-15(12)8-4-2/h9H,3-8H2,1-2H3. The van der Waals surface area contributed by atoms with Crippen LogP contribution in [0.1, 0.15) is 45.2 Å². The van der Waals surface area contributed by atoms with E-state index in [2.05, 4.69) is 12.0 Å². The summed E-state index contributed by atoms with van der Waals surface area (Å²) in [6.07, 6.45) is 5.55. The molecule has 1 aromatic rings. The number of Topliss-reactive ketones (excluding diaryl/α,β-unsaturated/α-hetero) is 1. The van der Waals surface area contributed by atoms with E-state index in [4.69, 9.17) is 11.6 Å². The first-order valence-corrected chi connectivity index (χ1v) is 6.28. The highest BCUT2D eigenvalue weighted by Crippen LogP contribution is 2.17. The first kappa shape index (κ1) is 13.2. The quantitative estimate of drug-likeness (QED) is 0.736. The summed E-state index contributed by atoms with van der Waals surface area (Å²) in [6, 6.07) is 0. The van der Waals surface area contributed by atoms with Crippen molar-refractivity contribution in [3.05, 3.63) is 16.9 Å². The molecule has 0 spiro atoms. The van der Waals surface area contributed by atoms with Gasteiger partial charge in [-0.2, -0.15) is 5.10 Å². The minimum Gasteiger partial charge on any atom is -0.300 e. The molecule has 0 amide bonds. The molecule has 0 aliphatic heterocycles. The van der Waals surface area contributed by atoms with Gasteiger partial charge in [0, 0.05) is 19.4 Å². The van der Waals surface area contributed by atoms with Gasteiger partial charge >= 0.3 is 0 Å². The van der Waals surface area contributed by atoms with Crippen LogP contribution in [0.15, 0.2) is 6.20 Å². The van der Waals surface area contributed by atoms with Crippen LogP contribution in [0.2, 0.25) is 5.02 Å². The Morgan fingerprint density at radius 3 is 2.75 bits per heavy atom. The van der Waals surface area contributed by atoms with E-state index in [1.54, 1.807) is 6.20 Å². The molecule has 0 unspecified atom stereocenters. The first-order valence-electron chi connectivity index (χ1n) is 5.90. The molecule has 90 valence electrons. The van der Waals surface area contributed by atoms with Crippen molar-refractivity contribution in [1.82, 2.24) is 9.78 Å². The zero-order valence-corrected chi connectivity index (χ0v) is 10.8. The number of hydrogen-bond donors (Lipinski definition) is 0. The highest BCUT2D eigenvalue weighted by atomic mass is 35.5. The molecule has 0 bridgehead atoms. The van der Waals surface area contributed by atoms with Crippen LogP contribution in [0.3, 0.4) is 0 Å². The molecule has 1 heterocycles. The van der Waals surface area contributed by atoms with Gasteiger partial charge in [0.1, 0.15) is 5.78 Å². The maximum atomic E-state index is 11.4. The smallest absolute Gasteiger partial charge is 0.133 e. The predicted molar refractivity (Wildman–Crippen MR) is 65.8 cm³/mol. The molecule has 0 N–H and O–H groups in total. The summed E-state index contributed by atoms with van der Waals surface area (Å²) >= 11 is 6.05. The number of carbonyl (C=O) groups is 1. The maximum absolute atomic E-state index is 11.4. The molecular weight excluding hydrogens is 224 g/mol. The van der Waals surface area contributed by atoms with Crippen LogP contribution in [0.4, 0.5) is 0 Å². The largest absolute Gasteiger partial charge is 0.300 e. The number of rotatable bonds is 7. The predicted octanol–water partition coefficient (Wildman–Crippen LogP) is 3.25. The Labute approximate surface area is 102 Å². The lowest BCUT2D eigenvalue weighted by Gasteiger charge is -2.06. The molecule has 4 heteroatoms. The van der Waals surface area contributed by atoms with E-state index in [1.807, 2.05) is 11.6 Å². The number of carbonyl (C=O) groups excluding carboxylic acids is 1. The molecule has 16 heavy (non-hydrogen) atoms. The lowest BCUT2D eigenvalue weighted by molar-refractivity contribution is -0.119. The molecule has 0 radical (unpaired) electrons. The average molecular weight is 243 g/mol. The van der Waals surface area contributed by atoms with Crippen LogP contribution in [0, 0.1) is 0 Å². The van der Waals surface area contributed by atoms with Crippen LogP contribution in [-0.4, -0.2) is 15.6 Å². The van der Waals surface area contributed by atoms with E-state index in [-0.39, 0.29) is 0 Å². The molecule has 0 aliphatic rings. The van der Waals surface area contributed by atoms with Crippen molar-refractivity contribution in [2.75, 3.05) is 0 Å². The molecule has 1 rings (SSSR count). The minimum atomic E-state index is 0.308. The van der Waals surface area contributed by atoms with Crippen LogP contribution in [0.5, 0.6) is 0 Å². The summed E-state index contributed by atoms with van der Waals surface area (Å²) in [5.41, 5.74) is 0.993. The van der Waals surface area contributed by atoms with Gasteiger partial charge in [0.15, 0.2) is 0 Å². The zero-order chi connectivity index (χ0) is 12.0. The number of nitrogens with zero attached hydrogens (tertiary/aromatic N) is 2. The number of aromatic nitrogens is 2. The molecular formula is C12H19ClN2O. The summed E-state index contributed by atoms with van der Waals surface area (Å²) in [6.45, 7) is 4.98. The van der Waals surface area contributed by atoms with Gasteiger partial charge in [-0.25, -0.2) is 0 Å². The molecule has 0 aliphatic carbocycles. The van der Waals surface area contributed by atoms with Gasteiger partial charge in [0.25, 0.3) is 0 Å². The van der Waals surface area contributed by atoms with Crippen LogP contribution in [0.25, 0.3) is 0 Å². The van der Waals surface area contributed by atoms with Crippen molar-refractivity contribution in [1.29, 1.82) is 0 Å². The summed E-state index contributed by atoms with van der Waals surface area (Å²) < 4.78 is 1.90. The van der Waals surface area contributed by atoms with Crippen molar-refractivity contribution in [3.63, 3.8) is 0 Å². The van der Waals surface area contributed by atoms with Gasteiger partial charge in [0.05, 0.1) is 16.9 Å². The first-order chi connectivity index (χ1) is 7.69. The van der Waals surface area contributed by atoms with Crippen LogP contribution >= 0.6 is 11.6 Å². The van der Waals surface area contributed by atoms with E-state index in [1.165, 1.54) is 0 Å². The Hall–Kier alpha value is -0.830. The molecule has 1 aromatic heterocycles. The third-order valence-electron chi connectivity index (χ3n) is 2.50. The SMILES string of the molecule is CCCC(=O)CCc1c(Cl)cnn1CCC. The number of aryl methyl sites for hydroxylation is 1. The van der Waals surface area contributed by atoms with Gasteiger partial charge in [-0.15, -0.1) is 0 Å². The number of halogens is 1. The van der Waals surface area contributed by atoms with E-state index in [9.17, 15) is 4.79 Å². The van der Waals surface area contributed by atoms with Gasteiger partial charge in [-0.1, -0.05) is 25.4 Å². The maximum Gasteiger partial charge on any atom is 0.133 e. The molecule has 0 aromatic carbocycles. The van der Waals surface area contributed by atoms with Gasteiger partial charge in [-0.3, -0.25) is 9.48 Å². The van der Waals surface area contributed by atoms with E-state index in [0.717, 1.165) is 25.1 Å². The van der Waals surface area contributed by atoms with Gasteiger partial charge < -0.3 is 0 Å². The fraction of sp³-hybridized carbons (Fsp3) is 0.667. The number of ketones is 1. The monoisotopic (exact) mass is 242 g/mol. The Morgan fingerprint density at radius 2 is 2.12 bits per heavy atom. The Morgan fingerprint density at radius 1 is 1.38 bits per heavy atom. The third-order valence-corrected chi connectivity index (χ3v) is 2.82. The lowest BCUT2D eigenvalue weighted by Crippen LogP contribution is -2.07. The van der Waals surface area contributed by atoms with Crippen molar-refractivity contribution in [2.45, 2.75) is 52.5 Å². The second-order valence-electron chi connectivity index (χ2n) is 3.95. The fourth-order valence-corrected chi connectivity index (χ4v) is 1.94. The van der Waals surface area contributed by atoms with Crippen molar-refractivity contribution < 1.29 is 4.79 Å².